The van der Waals surface area contributed by atoms with Crippen LogP contribution in [0.15, 0.2) is 0 Å². The molecule has 2 rings (SSSR count). The van der Waals surface area contributed by atoms with Gasteiger partial charge in [0, 0.05) is 34.2 Å². The first-order chi connectivity index (χ1) is 10.2. The Morgan fingerprint density at radius 2 is 2.14 bits per heavy atom. The van der Waals surface area contributed by atoms with Crippen LogP contribution in [-0.4, -0.2) is 46.8 Å². The van der Waals surface area contributed by atoms with Crippen molar-refractivity contribution in [1.29, 1.82) is 0 Å². The first-order valence-corrected chi connectivity index (χ1v) is 10.8. The first-order valence-electron chi connectivity index (χ1n) is 8.82. The molecule has 0 bridgehead atoms. The summed E-state index contributed by atoms with van der Waals surface area (Å²) in [6.07, 6.45) is 8.25. The van der Waals surface area contributed by atoms with Crippen molar-refractivity contribution in [3.8, 4) is 0 Å². The van der Waals surface area contributed by atoms with E-state index in [4.69, 9.17) is 4.74 Å². The van der Waals surface area contributed by atoms with Gasteiger partial charge < -0.3 is 10.1 Å². The Balaban J connectivity index is 1.76. The van der Waals surface area contributed by atoms with Crippen molar-refractivity contribution in [3.05, 3.63) is 0 Å². The highest BCUT2D eigenvalue weighted by Gasteiger charge is 2.31. The zero-order valence-corrected chi connectivity index (χ0v) is 15.6. The molecule has 0 radical (unpaired) electrons. The molecule has 0 aliphatic carbocycles. The van der Waals surface area contributed by atoms with Crippen LogP contribution in [0.2, 0.25) is 0 Å². The lowest BCUT2D eigenvalue weighted by atomic mass is 10.0. The second-order valence-corrected chi connectivity index (χ2v) is 9.58. The third-order valence-corrected chi connectivity index (χ3v) is 8.30. The molecule has 5 unspecified atom stereocenters. The van der Waals surface area contributed by atoms with Crippen LogP contribution in [0.25, 0.3) is 0 Å². The van der Waals surface area contributed by atoms with Gasteiger partial charge in [-0.3, -0.25) is 0 Å². The summed E-state index contributed by atoms with van der Waals surface area (Å²) in [5, 5.41) is 6.21. The summed E-state index contributed by atoms with van der Waals surface area (Å²) in [5.74, 6) is 1.32. The van der Waals surface area contributed by atoms with Gasteiger partial charge in [0.1, 0.15) is 0 Å². The van der Waals surface area contributed by atoms with Gasteiger partial charge in [0.25, 0.3) is 0 Å². The molecule has 0 amide bonds. The van der Waals surface area contributed by atoms with Gasteiger partial charge in [-0.1, -0.05) is 20.8 Å². The third kappa shape index (κ3) is 5.96. The summed E-state index contributed by atoms with van der Waals surface area (Å²) in [6, 6.07) is 0.693. The predicted octanol–water partition coefficient (Wildman–Crippen LogP) is 4.33. The maximum absolute atomic E-state index is 5.76. The lowest BCUT2D eigenvalue weighted by Crippen LogP contribution is -2.43. The Hall–Kier alpha value is 0.620. The maximum atomic E-state index is 5.76. The highest BCUT2D eigenvalue weighted by Crippen LogP contribution is 2.38. The van der Waals surface area contributed by atoms with Crippen molar-refractivity contribution in [1.82, 2.24) is 5.32 Å². The number of thioether (sulfide) groups is 2. The van der Waals surface area contributed by atoms with Crippen LogP contribution in [0.3, 0.4) is 0 Å². The minimum atomic E-state index is 0.559. The van der Waals surface area contributed by atoms with Gasteiger partial charge >= 0.3 is 0 Å². The molecule has 2 heterocycles. The van der Waals surface area contributed by atoms with Crippen molar-refractivity contribution >= 4 is 23.5 Å². The first kappa shape index (κ1) is 18.0. The van der Waals surface area contributed by atoms with Crippen molar-refractivity contribution in [2.75, 3.05) is 18.9 Å². The molecular weight excluding hydrogens is 298 g/mol. The van der Waals surface area contributed by atoms with Gasteiger partial charge in [-0.2, -0.15) is 23.5 Å². The quantitative estimate of drug-likeness (QED) is 0.714. The molecule has 0 aromatic heterocycles. The average Bonchev–Trinajstić information content (AvgIpc) is 2.99. The second-order valence-electron chi connectivity index (χ2n) is 6.54. The molecule has 4 heteroatoms. The zero-order valence-electron chi connectivity index (χ0n) is 14.0. The number of hydrogen-bond acceptors (Lipinski definition) is 4. The lowest BCUT2D eigenvalue weighted by Gasteiger charge is -2.36. The Morgan fingerprint density at radius 1 is 1.29 bits per heavy atom. The van der Waals surface area contributed by atoms with Gasteiger partial charge in [-0.15, -0.1) is 0 Å². The van der Waals surface area contributed by atoms with E-state index in [0.717, 1.165) is 28.9 Å². The SMILES string of the molecule is CCCNC(CCCC1CCCO1)C1CSC(C)C(C)S1. The van der Waals surface area contributed by atoms with Crippen LogP contribution in [0, 0.1) is 0 Å². The fourth-order valence-electron chi connectivity index (χ4n) is 3.21. The fraction of sp³-hybridized carbons (Fsp3) is 1.00. The molecule has 2 saturated heterocycles. The van der Waals surface area contributed by atoms with Gasteiger partial charge in [0.15, 0.2) is 0 Å². The van der Waals surface area contributed by atoms with E-state index < -0.39 is 0 Å². The van der Waals surface area contributed by atoms with Crippen molar-refractivity contribution < 1.29 is 4.74 Å². The zero-order chi connectivity index (χ0) is 15.1. The molecule has 124 valence electrons. The molecular formula is C17H33NOS2. The monoisotopic (exact) mass is 331 g/mol. The Morgan fingerprint density at radius 3 is 2.81 bits per heavy atom. The summed E-state index contributed by atoms with van der Waals surface area (Å²) in [6.45, 7) is 9.20. The molecule has 21 heavy (non-hydrogen) atoms. The molecule has 1 N–H and O–H groups in total. The van der Waals surface area contributed by atoms with E-state index in [1.54, 1.807) is 0 Å². The smallest absolute Gasteiger partial charge is 0.0576 e. The fourth-order valence-corrected chi connectivity index (χ4v) is 6.37. The van der Waals surface area contributed by atoms with Crippen LogP contribution in [0.1, 0.15) is 59.3 Å². The Labute approximate surface area is 139 Å². The van der Waals surface area contributed by atoms with Crippen LogP contribution in [0.4, 0.5) is 0 Å². The summed E-state index contributed by atoms with van der Waals surface area (Å²) in [5.41, 5.74) is 0. The normalized spacial score (nSPS) is 35.0. The third-order valence-electron chi connectivity index (χ3n) is 4.74. The number of ether oxygens (including phenoxy) is 1. The van der Waals surface area contributed by atoms with E-state index in [1.807, 2.05) is 0 Å². The molecule has 2 nitrogen and oxygen atoms in total. The Bertz CT molecular complexity index is 284. The van der Waals surface area contributed by atoms with E-state index in [0.29, 0.717) is 12.1 Å². The predicted molar refractivity (Wildman–Crippen MR) is 97.7 cm³/mol. The molecule has 2 fully saturated rings. The number of rotatable bonds is 8. The molecule has 2 aliphatic rings. The minimum absolute atomic E-state index is 0.559. The van der Waals surface area contributed by atoms with Gasteiger partial charge in [-0.05, 0) is 45.1 Å². The topological polar surface area (TPSA) is 21.3 Å². The standard InChI is InChI=1S/C17H33NOS2/c1-4-10-18-16(9-5-7-15-8-6-11-19-15)17-12-20-13(2)14(3)21-17/h13-18H,4-12H2,1-3H3. The van der Waals surface area contributed by atoms with Crippen LogP contribution < -0.4 is 5.32 Å². The van der Waals surface area contributed by atoms with Gasteiger partial charge in [-0.25, -0.2) is 0 Å². The van der Waals surface area contributed by atoms with Crippen molar-refractivity contribution in [3.63, 3.8) is 0 Å². The minimum Gasteiger partial charge on any atom is -0.378 e. The molecule has 5 atom stereocenters. The summed E-state index contributed by atoms with van der Waals surface area (Å²) >= 11 is 4.39. The van der Waals surface area contributed by atoms with Crippen LogP contribution in [0.5, 0.6) is 0 Å². The highest BCUT2D eigenvalue weighted by atomic mass is 32.2. The largest absolute Gasteiger partial charge is 0.378 e. The van der Waals surface area contributed by atoms with E-state index in [-0.39, 0.29) is 0 Å². The number of nitrogens with one attached hydrogen (secondary N) is 1. The van der Waals surface area contributed by atoms with Crippen molar-refractivity contribution in [2.45, 2.75) is 87.2 Å². The van der Waals surface area contributed by atoms with Crippen LogP contribution >= 0.6 is 23.5 Å². The number of hydrogen-bond donors (Lipinski definition) is 1. The second kappa shape index (κ2) is 9.69. The van der Waals surface area contributed by atoms with E-state index in [9.17, 15) is 0 Å². The van der Waals surface area contributed by atoms with Crippen LogP contribution in [-0.2, 0) is 4.74 Å². The highest BCUT2D eigenvalue weighted by molar-refractivity contribution is 8.07. The molecule has 2 aliphatic heterocycles. The maximum Gasteiger partial charge on any atom is 0.0576 e. The van der Waals surface area contributed by atoms with Gasteiger partial charge in [0.05, 0.1) is 6.10 Å². The average molecular weight is 332 g/mol. The van der Waals surface area contributed by atoms with E-state index >= 15 is 0 Å². The Kier molecular flexibility index (Phi) is 8.29. The molecule has 0 aromatic rings. The van der Waals surface area contributed by atoms with E-state index in [2.05, 4.69) is 49.6 Å². The summed E-state index contributed by atoms with van der Waals surface area (Å²) in [4.78, 5) is 0. The van der Waals surface area contributed by atoms with Crippen molar-refractivity contribution in [2.24, 2.45) is 0 Å². The molecule has 0 aromatic carbocycles. The molecule has 0 saturated carbocycles. The van der Waals surface area contributed by atoms with E-state index in [1.165, 1.54) is 44.3 Å². The lowest BCUT2D eigenvalue weighted by molar-refractivity contribution is 0.101. The summed E-state index contributed by atoms with van der Waals surface area (Å²) < 4.78 is 5.76. The van der Waals surface area contributed by atoms with Gasteiger partial charge in [0.2, 0.25) is 0 Å². The molecule has 0 spiro atoms. The summed E-state index contributed by atoms with van der Waals surface area (Å²) in [7, 11) is 0.